The largest absolute Gasteiger partial charge is 0.328 e. The summed E-state index contributed by atoms with van der Waals surface area (Å²) in [5.41, 5.74) is 0. The summed E-state index contributed by atoms with van der Waals surface area (Å²) in [6.45, 7) is 27.0. The number of halogens is 2. The molecule has 16 rings (SSSR count). The molecule has 2 nitrogen and oxygen atoms in total. The van der Waals surface area contributed by atoms with Gasteiger partial charge in [-0.05, 0) is 416 Å². The molecule has 0 heterocycles. The number of hydrogen-bond donors (Lipinski definition) is 0. The van der Waals surface area contributed by atoms with Crippen LogP contribution in [-0.2, 0) is 0 Å². The Morgan fingerprint density at radius 3 is 0.735 bits per heavy atom. The van der Waals surface area contributed by atoms with E-state index in [9.17, 15) is 0 Å². The molecule has 0 aromatic heterocycles. The van der Waals surface area contributed by atoms with Crippen LogP contribution in [0.4, 0.5) is 0 Å². The van der Waals surface area contributed by atoms with Crippen LogP contribution in [0.15, 0.2) is 0 Å². The summed E-state index contributed by atoms with van der Waals surface area (Å²) >= 11 is 7.88. The van der Waals surface area contributed by atoms with Gasteiger partial charge in [0, 0.05) is 10.7 Å². The Bertz CT molecular complexity index is 2680. The normalized spacial score (nSPS) is 51.0. The van der Waals surface area contributed by atoms with E-state index in [0.717, 1.165) is 237 Å². The van der Waals surface area contributed by atoms with E-state index >= 15 is 0 Å². The topological polar surface area (TPSA) is 0 Å². The van der Waals surface area contributed by atoms with Crippen molar-refractivity contribution in [3.63, 3.8) is 0 Å². The lowest BCUT2D eigenvalue weighted by Crippen LogP contribution is -2.49. The van der Waals surface area contributed by atoms with Crippen molar-refractivity contribution < 1.29 is 8.97 Å². The van der Waals surface area contributed by atoms with Gasteiger partial charge in [-0.25, -0.2) is 0 Å². The van der Waals surface area contributed by atoms with Gasteiger partial charge in [-0.3, -0.25) is 0 Å². The Balaban J connectivity index is 0.498. The third-order valence-corrected chi connectivity index (χ3v) is 41.4. The number of quaternary nitrogens is 2. The summed E-state index contributed by atoms with van der Waals surface area (Å²) in [4.78, 5) is 0. The Morgan fingerprint density at radius 1 is 0.216 bits per heavy atom. The minimum atomic E-state index is 0.989. The third kappa shape index (κ3) is 14.2. The van der Waals surface area contributed by atoms with Gasteiger partial charge in [0.05, 0.1) is 54.4 Å². The van der Waals surface area contributed by atoms with E-state index in [1.807, 2.05) is 0 Å². The predicted molar refractivity (Wildman–Crippen MR) is 441 cm³/mol. The van der Waals surface area contributed by atoms with Crippen LogP contribution in [-0.4, -0.2) is 74.0 Å². The van der Waals surface area contributed by atoms with Crippen LogP contribution in [0.5, 0.6) is 0 Å². The van der Waals surface area contributed by atoms with Crippen molar-refractivity contribution in [2.75, 3.05) is 65.0 Å². The molecule has 40 atom stereocenters. The fourth-order valence-electron chi connectivity index (χ4n) is 37.2. The maximum absolute atomic E-state index is 3.95. The molecule has 0 saturated heterocycles. The first-order valence-corrected chi connectivity index (χ1v) is 50.5. The lowest BCUT2D eigenvalue weighted by molar-refractivity contribution is -0.891. The highest BCUT2D eigenvalue weighted by atomic mass is 79.9. The lowest BCUT2D eigenvalue weighted by atomic mass is 9.51. The summed E-state index contributed by atoms with van der Waals surface area (Å²) < 4.78 is 2.53. The zero-order chi connectivity index (χ0) is 70.6. The fraction of sp³-hybridized carbons (Fsp3) is 1.00. The van der Waals surface area contributed by atoms with E-state index < -0.39 is 0 Å². The highest BCUT2D eigenvalue weighted by Gasteiger charge is 2.72. The number of alkyl halides is 2. The SMILES string of the molecule is CCCCC1CC2CC1C(C)C2C1C2CC(CC2CCCBr)C1C1C2CC(CC2CCCC)C1C1C(C)C2CC(CCC[N+](C)(C)CCCCCC[N+](C)(C)CCCC3CC4CC3C(C)C4C3C4CC(CC4CCCC)C3C3C4CC(CC4CCCBr)C3C3C(C)C4CC(CCCC)C3C4)C1C2. The number of unbranched alkanes of at least 4 members (excludes halogenated alkanes) is 7. The van der Waals surface area contributed by atoms with Crippen LogP contribution in [0.25, 0.3) is 0 Å². The molecule has 102 heavy (non-hydrogen) atoms. The molecule has 0 spiro atoms. The zero-order valence-electron chi connectivity index (χ0n) is 69.3. The highest BCUT2D eigenvalue weighted by Crippen LogP contribution is 2.78. The van der Waals surface area contributed by atoms with Gasteiger partial charge < -0.3 is 8.97 Å². The van der Waals surface area contributed by atoms with Gasteiger partial charge in [0.1, 0.15) is 0 Å². The van der Waals surface area contributed by atoms with E-state index in [1.165, 1.54) is 161 Å². The average Bonchev–Trinajstić information content (AvgIpc) is 1.53. The molecule has 0 amide bonds. The van der Waals surface area contributed by atoms with Crippen molar-refractivity contribution in [1.82, 2.24) is 0 Å². The highest BCUT2D eigenvalue weighted by molar-refractivity contribution is 9.09. The summed E-state index contributed by atoms with van der Waals surface area (Å²) in [5, 5.41) is 2.46. The van der Waals surface area contributed by atoms with E-state index in [-0.39, 0.29) is 0 Å². The summed E-state index contributed by atoms with van der Waals surface area (Å²) in [6, 6.07) is 0. The number of rotatable bonds is 39. The molecule has 0 N–H and O–H groups in total. The minimum absolute atomic E-state index is 0.989. The molecular weight excluding hydrogens is 1360 g/mol. The van der Waals surface area contributed by atoms with Crippen molar-refractivity contribution >= 4 is 31.9 Å². The van der Waals surface area contributed by atoms with Gasteiger partial charge in [-0.15, -0.1) is 0 Å². The van der Waals surface area contributed by atoms with Crippen LogP contribution in [0.2, 0.25) is 0 Å². The maximum atomic E-state index is 3.95. The number of fused-ring (bicyclic) bond motifs is 16. The standard InChI is InChI=1S/C98H168Br2N2/c1-13-17-29-63-45-73-53-79(63)61(7)87(73)96-84-58-78(50-68(84)33-25-37-99)94(96)97-85-55-75(47-67(85)32-20-16-4)91(97)90-60(6)72-44-70(82(90)52-72)36-28-42-102(11,12)40-24-22-21-23-39-101(9,10)41-27-35-64-46-74-54-80(64)62(8)88(74)95-83-57-77(48-66(83)31-19-15-3)93(95)98-86-56-76(49-69(86)34-26-38-100)92(98)89-59(5)71-43-65(30-18-14-2)81(89)51-71/h59-98H,13-58H2,1-12H3/q+2. The molecule has 0 aromatic carbocycles. The minimum Gasteiger partial charge on any atom is -0.328 e. The van der Waals surface area contributed by atoms with Gasteiger partial charge in [-0.1, -0.05) is 164 Å². The van der Waals surface area contributed by atoms with Gasteiger partial charge in [0.25, 0.3) is 0 Å². The Morgan fingerprint density at radius 2 is 0.441 bits per heavy atom. The Labute approximate surface area is 650 Å². The summed E-state index contributed by atoms with van der Waals surface area (Å²) in [5.74, 6) is 42.6. The molecule has 16 bridgehead atoms. The van der Waals surface area contributed by atoms with E-state index in [0.29, 0.717) is 0 Å². The molecular formula is C98H168Br2N2+2. The molecule has 4 heteroatoms. The smallest absolute Gasteiger partial charge is 0.0782 e. The van der Waals surface area contributed by atoms with E-state index in [1.54, 1.807) is 141 Å². The molecule has 582 valence electrons. The average molecular weight is 1530 g/mol. The van der Waals surface area contributed by atoms with Crippen molar-refractivity contribution in [3.05, 3.63) is 0 Å². The van der Waals surface area contributed by atoms with Crippen molar-refractivity contribution in [1.29, 1.82) is 0 Å². The van der Waals surface area contributed by atoms with Crippen LogP contribution < -0.4 is 0 Å². The molecule has 0 aromatic rings. The van der Waals surface area contributed by atoms with Gasteiger partial charge >= 0.3 is 0 Å². The second-order valence-electron chi connectivity index (χ2n) is 45.3. The number of hydrogen-bond acceptors (Lipinski definition) is 0. The second-order valence-corrected chi connectivity index (χ2v) is 46.9. The fourth-order valence-corrected chi connectivity index (χ4v) is 37.8. The molecule has 0 radical (unpaired) electrons. The van der Waals surface area contributed by atoms with Crippen molar-refractivity contribution in [2.45, 2.75) is 312 Å². The molecule has 40 unspecified atom stereocenters. The van der Waals surface area contributed by atoms with Crippen LogP contribution >= 0.6 is 31.9 Å². The van der Waals surface area contributed by atoms with E-state index in [4.69, 9.17) is 0 Å². The Kier molecular flexibility index (Phi) is 24.4. The van der Waals surface area contributed by atoms with Crippen LogP contribution in [0.3, 0.4) is 0 Å². The quantitative estimate of drug-likeness (QED) is 0.0327. The maximum Gasteiger partial charge on any atom is 0.0782 e. The molecule has 16 saturated carbocycles. The lowest BCUT2D eigenvalue weighted by Gasteiger charge is -2.54. The Hall–Kier alpha value is 0.880. The zero-order valence-corrected chi connectivity index (χ0v) is 72.4. The van der Waals surface area contributed by atoms with Crippen molar-refractivity contribution in [2.24, 2.45) is 237 Å². The predicted octanol–water partition coefficient (Wildman–Crippen LogP) is 26.6. The van der Waals surface area contributed by atoms with Gasteiger partial charge in [0.2, 0.25) is 0 Å². The second kappa shape index (κ2) is 32.4. The van der Waals surface area contributed by atoms with E-state index in [2.05, 4.69) is 115 Å². The number of nitrogens with zero attached hydrogens (tertiary/aromatic N) is 2. The van der Waals surface area contributed by atoms with Gasteiger partial charge in [0.15, 0.2) is 0 Å². The third-order valence-electron chi connectivity index (χ3n) is 40.3. The van der Waals surface area contributed by atoms with Gasteiger partial charge in [-0.2, -0.15) is 0 Å². The first kappa shape index (κ1) is 76.8. The van der Waals surface area contributed by atoms with Crippen LogP contribution in [0.1, 0.15) is 312 Å². The summed E-state index contributed by atoms with van der Waals surface area (Å²) in [6.07, 6.45) is 61.8. The first-order chi connectivity index (χ1) is 49.5. The van der Waals surface area contributed by atoms with Crippen molar-refractivity contribution in [3.8, 4) is 0 Å². The summed E-state index contributed by atoms with van der Waals surface area (Å²) in [7, 11) is 10.5. The monoisotopic (exact) mass is 1530 g/mol. The molecule has 16 aliphatic carbocycles. The molecule has 0 aliphatic heterocycles. The van der Waals surface area contributed by atoms with Crippen LogP contribution in [0, 0.1) is 237 Å². The molecule has 16 aliphatic rings. The first-order valence-electron chi connectivity index (χ1n) is 48.2. The molecule has 16 fully saturated rings.